The summed E-state index contributed by atoms with van der Waals surface area (Å²) in [5, 5.41) is 0. The number of methoxy groups -OCH3 is 1. The third-order valence-electron chi connectivity index (χ3n) is 4.83. The number of benzene rings is 2. The van der Waals surface area contributed by atoms with Crippen LogP contribution in [-0.4, -0.2) is 41.8 Å². The summed E-state index contributed by atoms with van der Waals surface area (Å²) in [6, 6.07) is 12.0. The molecule has 0 saturated heterocycles. The van der Waals surface area contributed by atoms with E-state index in [1.807, 2.05) is 13.8 Å². The molecule has 3 rings (SSSR count). The highest BCUT2D eigenvalue weighted by Crippen LogP contribution is 2.27. The van der Waals surface area contributed by atoms with Crippen molar-refractivity contribution in [3.05, 3.63) is 70.8 Å². The molecule has 2 aromatic rings. The van der Waals surface area contributed by atoms with Gasteiger partial charge in [0.1, 0.15) is 12.6 Å². The van der Waals surface area contributed by atoms with Crippen LogP contribution in [-0.2, 0) is 20.9 Å². The number of hydrogen-bond acceptors (Lipinski definition) is 6. The number of esters is 2. The van der Waals surface area contributed by atoms with Crippen LogP contribution in [0.15, 0.2) is 48.5 Å². The summed E-state index contributed by atoms with van der Waals surface area (Å²) in [6.45, 7) is 3.71. The van der Waals surface area contributed by atoms with E-state index in [-0.39, 0.29) is 30.1 Å². The van der Waals surface area contributed by atoms with Crippen molar-refractivity contribution in [1.82, 2.24) is 4.90 Å². The standard InChI is InChI=1S/C23H23NO6/c1-14(2)11-19(24-20(25)17-9-4-5-10-18(17)21(24)26)23(28)30-13-15-7-6-8-16(12-15)22(27)29-3/h4-10,12,14,19H,11,13H2,1-3H3/t19-/m1/s1. The predicted molar refractivity (Wildman–Crippen MR) is 108 cm³/mol. The van der Waals surface area contributed by atoms with Gasteiger partial charge in [0, 0.05) is 0 Å². The maximum Gasteiger partial charge on any atom is 0.337 e. The van der Waals surface area contributed by atoms with Gasteiger partial charge in [0.05, 0.1) is 23.8 Å². The third kappa shape index (κ3) is 4.25. The van der Waals surface area contributed by atoms with Gasteiger partial charge in [-0.2, -0.15) is 0 Å². The van der Waals surface area contributed by atoms with Crippen molar-refractivity contribution in [3.8, 4) is 0 Å². The van der Waals surface area contributed by atoms with E-state index in [1.54, 1.807) is 48.5 Å². The van der Waals surface area contributed by atoms with E-state index in [9.17, 15) is 19.2 Å². The summed E-state index contributed by atoms with van der Waals surface area (Å²) in [7, 11) is 1.29. The molecule has 0 bridgehead atoms. The summed E-state index contributed by atoms with van der Waals surface area (Å²) < 4.78 is 10.1. The summed E-state index contributed by atoms with van der Waals surface area (Å²) in [5.74, 6) is -2.10. The molecule has 30 heavy (non-hydrogen) atoms. The van der Waals surface area contributed by atoms with Crippen molar-refractivity contribution in [3.63, 3.8) is 0 Å². The first-order chi connectivity index (χ1) is 14.3. The zero-order valence-corrected chi connectivity index (χ0v) is 17.1. The Labute approximate surface area is 174 Å². The number of ether oxygens (including phenoxy) is 2. The highest BCUT2D eigenvalue weighted by molar-refractivity contribution is 6.22. The molecule has 1 aliphatic heterocycles. The Morgan fingerprint density at radius 1 is 0.967 bits per heavy atom. The second-order valence-corrected chi connectivity index (χ2v) is 7.47. The Morgan fingerprint density at radius 3 is 2.17 bits per heavy atom. The van der Waals surface area contributed by atoms with Crippen LogP contribution in [0, 0.1) is 5.92 Å². The van der Waals surface area contributed by atoms with Gasteiger partial charge in [0.2, 0.25) is 0 Å². The minimum absolute atomic E-state index is 0.0505. The molecule has 1 aliphatic rings. The second kappa shape index (κ2) is 8.90. The van der Waals surface area contributed by atoms with Gasteiger partial charge in [-0.1, -0.05) is 38.1 Å². The topological polar surface area (TPSA) is 90.0 Å². The lowest BCUT2D eigenvalue weighted by molar-refractivity contribution is -0.150. The van der Waals surface area contributed by atoms with E-state index in [0.29, 0.717) is 11.1 Å². The first-order valence-corrected chi connectivity index (χ1v) is 9.64. The first kappa shape index (κ1) is 21.2. The van der Waals surface area contributed by atoms with Gasteiger partial charge in [-0.25, -0.2) is 9.59 Å². The summed E-state index contributed by atoms with van der Waals surface area (Å²) in [4.78, 5) is 51.2. The zero-order chi connectivity index (χ0) is 21.8. The van der Waals surface area contributed by atoms with Crippen molar-refractivity contribution in [2.45, 2.75) is 32.9 Å². The Hall–Kier alpha value is -3.48. The van der Waals surface area contributed by atoms with E-state index in [2.05, 4.69) is 0 Å². The number of rotatable bonds is 7. The molecule has 1 heterocycles. The molecule has 0 radical (unpaired) electrons. The largest absolute Gasteiger partial charge is 0.465 e. The molecule has 7 nitrogen and oxygen atoms in total. The molecular weight excluding hydrogens is 386 g/mol. The third-order valence-corrected chi connectivity index (χ3v) is 4.83. The van der Waals surface area contributed by atoms with Crippen LogP contribution >= 0.6 is 0 Å². The van der Waals surface area contributed by atoms with Gasteiger partial charge in [-0.3, -0.25) is 14.5 Å². The zero-order valence-electron chi connectivity index (χ0n) is 17.1. The second-order valence-electron chi connectivity index (χ2n) is 7.47. The molecule has 0 aromatic heterocycles. The van der Waals surface area contributed by atoms with E-state index < -0.39 is 29.8 Å². The number of nitrogens with zero attached hydrogens (tertiary/aromatic N) is 1. The lowest BCUT2D eigenvalue weighted by atomic mass is 10.0. The van der Waals surface area contributed by atoms with Crippen LogP contribution in [0.3, 0.4) is 0 Å². The molecular formula is C23H23NO6. The normalized spacial score (nSPS) is 13.9. The van der Waals surface area contributed by atoms with Crippen molar-refractivity contribution in [2.24, 2.45) is 5.92 Å². The molecule has 0 aliphatic carbocycles. The maximum absolute atomic E-state index is 12.9. The fourth-order valence-corrected chi connectivity index (χ4v) is 3.40. The molecule has 7 heteroatoms. The molecule has 0 fully saturated rings. The average molecular weight is 409 g/mol. The molecule has 0 spiro atoms. The SMILES string of the molecule is COC(=O)c1cccc(COC(=O)[C@@H](CC(C)C)N2C(=O)c3ccccc3C2=O)c1. The molecule has 0 saturated carbocycles. The van der Waals surface area contributed by atoms with Crippen LogP contribution in [0.2, 0.25) is 0 Å². The number of fused-ring (bicyclic) bond motifs is 1. The fourth-order valence-electron chi connectivity index (χ4n) is 3.40. The summed E-state index contributed by atoms with van der Waals surface area (Å²) in [6.07, 6.45) is 0.284. The first-order valence-electron chi connectivity index (χ1n) is 9.64. The van der Waals surface area contributed by atoms with Crippen LogP contribution in [0.4, 0.5) is 0 Å². The molecule has 0 unspecified atom stereocenters. The number of carbonyl (C=O) groups is 4. The van der Waals surface area contributed by atoms with E-state index in [0.717, 1.165) is 4.90 Å². The Morgan fingerprint density at radius 2 is 1.60 bits per heavy atom. The summed E-state index contributed by atoms with van der Waals surface area (Å²) in [5.41, 5.74) is 1.51. The van der Waals surface area contributed by atoms with Gasteiger partial charge < -0.3 is 9.47 Å². The van der Waals surface area contributed by atoms with Gasteiger partial charge in [-0.15, -0.1) is 0 Å². The van der Waals surface area contributed by atoms with Gasteiger partial charge >= 0.3 is 11.9 Å². The number of imide groups is 1. The molecule has 2 amide bonds. The van der Waals surface area contributed by atoms with Crippen LogP contribution < -0.4 is 0 Å². The van der Waals surface area contributed by atoms with Crippen molar-refractivity contribution < 1.29 is 28.7 Å². The molecule has 1 atom stereocenters. The molecule has 0 N–H and O–H groups in total. The van der Waals surface area contributed by atoms with Crippen molar-refractivity contribution >= 4 is 23.8 Å². The van der Waals surface area contributed by atoms with E-state index in [4.69, 9.17) is 9.47 Å². The van der Waals surface area contributed by atoms with Crippen molar-refractivity contribution in [2.75, 3.05) is 7.11 Å². The monoisotopic (exact) mass is 409 g/mol. The Bertz CT molecular complexity index is 962. The van der Waals surface area contributed by atoms with Crippen LogP contribution in [0.1, 0.15) is 56.9 Å². The molecule has 156 valence electrons. The molecule has 2 aromatic carbocycles. The van der Waals surface area contributed by atoms with E-state index in [1.165, 1.54) is 7.11 Å². The minimum atomic E-state index is -1.03. The fraction of sp³-hybridized carbons (Fsp3) is 0.304. The maximum atomic E-state index is 12.9. The van der Waals surface area contributed by atoms with Gasteiger partial charge in [0.25, 0.3) is 11.8 Å². The van der Waals surface area contributed by atoms with Crippen molar-refractivity contribution in [1.29, 1.82) is 0 Å². The highest BCUT2D eigenvalue weighted by atomic mass is 16.5. The Balaban J connectivity index is 1.78. The average Bonchev–Trinajstić information content (AvgIpc) is 3.00. The van der Waals surface area contributed by atoms with Gasteiger partial charge in [0.15, 0.2) is 0 Å². The number of carbonyl (C=O) groups excluding carboxylic acids is 4. The van der Waals surface area contributed by atoms with Crippen LogP contribution in [0.25, 0.3) is 0 Å². The highest BCUT2D eigenvalue weighted by Gasteiger charge is 2.43. The lowest BCUT2D eigenvalue weighted by Gasteiger charge is -2.26. The summed E-state index contributed by atoms with van der Waals surface area (Å²) >= 11 is 0. The lowest BCUT2D eigenvalue weighted by Crippen LogP contribution is -2.46. The van der Waals surface area contributed by atoms with Gasteiger partial charge in [-0.05, 0) is 42.2 Å². The Kier molecular flexibility index (Phi) is 6.30. The van der Waals surface area contributed by atoms with E-state index >= 15 is 0 Å². The minimum Gasteiger partial charge on any atom is -0.465 e. The van der Waals surface area contributed by atoms with Crippen LogP contribution in [0.5, 0.6) is 0 Å². The quantitative estimate of drug-likeness (QED) is 0.515. The predicted octanol–water partition coefficient (Wildman–Crippen LogP) is 3.23. The number of amides is 2. The smallest absolute Gasteiger partial charge is 0.337 e. The number of hydrogen-bond donors (Lipinski definition) is 0.